The molecule has 1 N–H and O–H groups in total. The van der Waals surface area contributed by atoms with E-state index in [1.165, 1.54) is 0 Å². The van der Waals surface area contributed by atoms with Crippen molar-refractivity contribution in [3.63, 3.8) is 0 Å². The lowest BCUT2D eigenvalue weighted by Crippen LogP contribution is -2.05. The quantitative estimate of drug-likeness (QED) is 0.744. The van der Waals surface area contributed by atoms with E-state index in [4.69, 9.17) is 16.7 Å². The molecule has 0 saturated carbocycles. The van der Waals surface area contributed by atoms with Crippen molar-refractivity contribution in [1.82, 2.24) is 0 Å². The van der Waals surface area contributed by atoms with Gasteiger partial charge in [-0.15, -0.1) is 4.91 Å². The molecule has 0 bridgehead atoms. The molecule has 0 heterocycles. The van der Waals surface area contributed by atoms with Gasteiger partial charge in [0.2, 0.25) is 0 Å². The summed E-state index contributed by atoms with van der Waals surface area (Å²) in [5.41, 5.74) is -1.73. The zero-order chi connectivity index (χ0) is 10.9. The Bertz CT molecular complexity index is 378. The highest BCUT2D eigenvalue weighted by Gasteiger charge is 2.34. The lowest BCUT2D eigenvalue weighted by molar-refractivity contribution is -0.137. The number of hydrogen-bond acceptors (Lipinski definition) is 3. The summed E-state index contributed by atoms with van der Waals surface area (Å²) in [6.07, 6.45) is -4.67. The van der Waals surface area contributed by atoms with Crippen LogP contribution in [-0.4, -0.2) is 5.11 Å². The minimum Gasteiger partial charge on any atom is -0.506 e. The van der Waals surface area contributed by atoms with Gasteiger partial charge in [0, 0.05) is 0 Å². The highest BCUT2D eigenvalue weighted by Crippen LogP contribution is 2.40. The molecule has 3 nitrogen and oxygen atoms in total. The maximum atomic E-state index is 12.2. The largest absolute Gasteiger partial charge is 0.506 e. The Labute approximate surface area is 81.1 Å². The summed E-state index contributed by atoms with van der Waals surface area (Å²) >= 11 is 5.23. The predicted octanol–water partition coefficient (Wildman–Crippen LogP) is 3.46. The van der Waals surface area contributed by atoms with Gasteiger partial charge >= 0.3 is 6.18 Å². The molecule has 76 valence electrons. The lowest BCUT2D eigenvalue weighted by atomic mass is 10.2. The number of aromatic hydroxyl groups is 1. The van der Waals surface area contributed by atoms with Crippen LogP contribution < -0.4 is 0 Å². The van der Waals surface area contributed by atoms with Crippen LogP contribution in [0.4, 0.5) is 18.9 Å². The molecule has 0 aliphatic rings. The summed E-state index contributed by atoms with van der Waals surface area (Å²) in [4.78, 5) is 9.99. The summed E-state index contributed by atoms with van der Waals surface area (Å²) in [6, 6.07) is 1.02. The van der Waals surface area contributed by atoms with E-state index in [1.807, 2.05) is 0 Å². The molecule has 0 unspecified atom stereocenters. The number of hydrogen-bond donors (Lipinski definition) is 1. The van der Waals surface area contributed by atoms with E-state index in [9.17, 15) is 18.1 Å². The first-order valence-corrected chi connectivity index (χ1v) is 3.67. The Morgan fingerprint density at radius 1 is 1.36 bits per heavy atom. The van der Waals surface area contributed by atoms with E-state index in [-0.39, 0.29) is 0 Å². The number of benzene rings is 1. The Hall–Kier alpha value is -1.30. The molecule has 0 aliphatic heterocycles. The number of nitrogens with zero attached hydrogens (tertiary/aromatic N) is 1. The fraction of sp³-hybridized carbons (Fsp3) is 0.143. The number of nitroso groups, excluding NO2 is 1. The van der Waals surface area contributed by atoms with Crippen LogP contribution in [0.2, 0.25) is 5.02 Å². The number of halogens is 4. The van der Waals surface area contributed by atoms with E-state index in [0.29, 0.717) is 12.1 Å². The predicted molar refractivity (Wildman–Crippen MR) is 43.6 cm³/mol. The van der Waals surface area contributed by atoms with E-state index >= 15 is 0 Å². The van der Waals surface area contributed by atoms with Gasteiger partial charge in [0.15, 0.2) is 5.69 Å². The van der Waals surface area contributed by atoms with E-state index in [0.717, 1.165) is 0 Å². The number of alkyl halides is 3. The first kappa shape index (κ1) is 10.8. The van der Waals surface area contributed by atoms with Crippen LogP contribution in [0.5, 0.6) is 5.75 Å². The minimum absolute atomic E-state index is 0.360. The first-order chi connectivity index (χ1) is 6.36. The van der Waals surface area contributed by atoms with Crippen LogP contribution >= 0.6 is 11.6 Å². The normalized spacial score (nSPS) is 11.4. The SMILES string of the molecule is O=Nc1cc(Cl)c(C(F)(F)F)cc1O. The maximum Gasteiger partial charge on any atom is 0.417 e. The molecule has 0 radical (unpaired) electrons. The molecule has 0 fully saturated rings. The zero-order valence-electron chi connectivity index (χ0n) is 6.47. The van der Waals surface area contributed by atoms with Crippen molar-refractivity contribution >= 4 is 17.3 Å². The smallest absolute Gasteiger partial charge is 0.417 e. The van der Waals surface area contributed by atoms with Crippen molar-refractivity contribution in [2.45, 2.75) is 6.18 Å². The Kier molecular flexibility index (Phi) is 2.66. The van der Waals surface area contributed by atoms with Crippen molar-refractivity contribution in [2.75, 3.05) is 0 Å². The van der Waals surface area contributed by atoms with Crippen molar-refractivity contribution in [3.05, 3.63) is 27.6 Å². The fourth-order valence-corrected chi connectivity index (χ4v) is 1.11. The Balaban J connectivity index is 3.36. The van der Waals surface area contributed by atoms with Crippen LogP contribution in [0.1, 0.15) is 5.56 Å². The fourth-order valence-electron chi connectivity index (χ4n) is 0.842. The van der Waals surface area contributed by atoms with Crippen molar-refractivity contribution < 1.29 is 18.3 Å². The highest BCUT2D eigenvalue weighted by molar-refractivity contribution is 6.31. The van der Waals surface area contributed by atoms with Gasteiger partial charge in [0.05, 0.1) is 10.6 Å². The Morgan fingerprint density at radius 3 is 2.36 bits per heavy atom. The molecule has 14 heavy (non-hydrogen) atoms. The maximum absolute atomic E-state index is 12.2. The highest BCUT2D eigenvalue weighted by atomic mass is 35.5. The third kappa shape index (κ3) is 1.95. The summed E-state index contributed by atoms with van der Waals surface area (Å²) in [5, 5.41) is 10.6. The lowest BCUT2D eigenvalue weighted by Gasteiger charge is -2.09. The van der Waals surface area contributed by atoms with Gasteiger partial charge in [-0.05, 0) is 17.3 Å². The van der Waals surface area contributed by atoms with Crippen molar-refractivity contribution in [3.8, 4) is 5.75 Å². The molecule has 0 aliphatic carbocycles. The first-order valence-electron chi connectivity index (χ1n) is 3.29. The summed E-state index contributed by atoms with van der Waals surface area (Å²) in [7, 11) is 0. The molecule has 0 amide bonds. The van der Waals surface area contributed by atoms with Gasteiger partial charge < -0.3 is 5.11 Å². The monoisotopic (exact) mass is 225 g/mol. The molecule has 0 aromatic heterocycles. The van der Waals surface area contributed by atoms with Gasteiger partial charge in [0.1, 0.15) is 5.75 Å². The molecule has 7 heteroatoms. The molecular weight excluding hydrogens is 223 g/mol. The average Bonchev–Trinajstić information content (AvgIpc) is 2.06. The van der Waals surface area contributed by atoms with Crippen LogP contribution in [0.3, 0.4) is 0 Å². The molecule has 1 rings (SSSR count). The zero-order valence-corrected chi connectivity index (χ0v) is 7.23. The number of rotatable bonds is 1. The van der Waals surface area contributed by atoms with Crippen LogP contribution in [0.15, 0.2) is 17.3 Å². The van der Waals surface area contributed by atoms with Gasteiger partial charge in [-0.1, -0.05) is 11.6 Å². The van der Waals surface area contributed by atoms with Gasteiger partial charge in [-0.2, -0.15) is 13.2 Å². The van der Waals surface area contributed by atoms with E-state index in [1.54, 1.807) is 0 Å². The standard InChI is InChI=1S/C7H3ClF3NO2/c8-4-2-5(12-14)6(13)1-3(4)7(9,10)11/h1-2,13H. The summed E-state index contributed by atoms with van der Waals surface area (Å²) in [6.45, 7) is 0. The molecule has 0 saturated heterocycles. The van der Waals surface area contributed by atoms with Crippen LogP contribution in [0.25, 0.3) is 0 Å². The molecule has 1 aromatic carbocycles. The van der Waals surface area contributed by atoms with Gasteiger partial charge in [0.25, 0.3) is 0 Å². The van der Waals surface area contributed by atoms with Gasteiger partial charge in [-0.25, -0.2) is 0 Å². The Morgan fingerprint density at radius 2 is 1.93 bits per heavy atom. The van der Waals surface area contributed by atoms with E-state index in [2.05, 4.69) is 5.18 Å². The summed E-state index contributed by atoms with van der Waals surface area (Å²) in [5.74, 6) is -0.850. The topological polar surface area (TPSA) is 49.7 Å². The average molecular weight is 226 g/mol. The van der Waals surface area contributed by atoms with Crippen LogP contribution in [0, 0.1) is 4.91 Å². The van der Waals surface area contributed by atoms with Crippen molar-refractivity contribution in [1.29, 1.82) is 0 Å². The number of phenols is 1. The third-order valence-electron chi connectivity index (χ3n) is 1.47. The third-order valence-corrected chi connectivity index (χ3v) is 1.78. The minimum atomic E-state index is -4.67. The second kappa shape index (κ2) is 3.45. The van der Waals surface area contributed by atoms with Gasteiger partial charge in [-0.3, -0.25) is 0 Å². The van der Waals surface area contributed by atoms with Crippen LogP contribution in [-0.2, 0) is 6.18 Å². The molecule has 0 spiro atoms. The second-order valence-electron chi connectivity index (χ2n) is 2.41. The number of phenolic OH excluding ortho intramolecular Hbond substituents is 1. The second-order valence-corrected chi connectivity index (χ2v) is 2.82. The van der Waals surface area contributed by atoms with E-state index < -0.39 is 28.2 Å². The van der Waals surface area contributed by atoms with Crippen molar-refractivity contribution in [2.24, 2.45) is 5.18 Å². The molecule has 1 aromatic rings. The molecule has 0 atom stereocenters. The summed E-state index contributed by atoms with van der Waals surface area (Å²) < 4.78 is 36.5. The molecular formula is C7H3ClF3NO2.